The number of benzene rings is 2. The SMILES string of the molecule is CC(=O)N1CC(C(=O)N[C@@H](CCN2[C@@H]3CC[C@H]2CC(n2c(C)nc4cc(F)ccc42)C3)c2ccccc2)C1. The fourth-order valence-electron chi connectivity index (χ4n) is 6.95. The number of amides is 2. The quantitative estimate of drug-likeness (QED) is 0.505. The number of carbonyl (C=O) groups is 2. The lowest BCUT2D eigenvalue weighted by Crippen LogP contribution is -2.55. The van der Waals surface area contributed by atoms with Crippen LogP contribution in [0.1, 0.15) is 62.5 Å². The van der Waals surface area contributed by atoms with Crippen LogP contribution in [0.2, 0.25) is 0 Å². The molecular formula is C30H36FN5O2. The maximum Gasteiger partial charge on any atom is 0.227 e. The number of halogens is 1. The second-order valence-electron chi connectivity index (χ2n) is 11.3. The van der Waals surface area contributed by atoms with Gasteiger partial charge in [-0.3, -0.25) is 14.5 Å². The first-order valence-electron chi connectivity index (χ1n) is 13.9. The Hall–Kier alpha value is -3.26. The molecule has 1 N–H and O–H groups in total. The average molecular weight is 518 g/mol. The molecule has 3 aromatic rings. The van der Waals surface area contributed by atoms with E-state index in [0.29, 0.717) is 31.2 Å². The number of likely N-dealkylation sites (tertiary alicyclic amines) is 1. The smallest absolute Gasteiger partial charge is 0.227 e. The minimum atomic E-state index is -0.245. The highest BCUT2D eigenvalue weighted by Gasteiger charge is 2.42. The Morgan fingerprint density at radius 2 is 1.76 bits per heavy atom. The van der Waals surface area contributed by atoms with E-state index in [1.165, 1.54) is 25.0 Å². The van der Waals surface area contributed by atoms with Crippen molar-refractivity contribution in [1.29, 1.82) is 0 Å². The number of rotatable bonds is 7. The monoisotopic (exact) mass is 517 g/mol. The molecule has 0 radical (unpaired) electrons. The van der Waals surface area contributed by atoms with Gasteiger partial charge in [-0.1, -0.05) is 30.3 Å². The van der Waals surface area contributed by atoms with Crippen molar-refractivity contribution in [3.8, 4) is 0 Å². The Bertz CT molecular complexity index is 1320. The van der Waals surface area contributed by atoms with Crippen LogP contribution >= 0.6 is 0 Å². The van der Waals surface area contributed by atoms with Gasteiger partial charge < -0.3 is 14.8 Å². The summed E-state index contributed by atoms with van der Waals surface area (Å²) in [5.41, 5.74) is 2.88. The third-order valence-corrected chi connectivity index (χ3v) is 8.94. The minimum Gasteiger partial charge on any atom is -0.349 e. The molecule has 200 valence electrons. The second-order valence-corrected chi connectivity index (χ2v) is 11.3. The molecule has 1 unspecified atom stereocenters. The summed E-state index contributed by atoms with van der Waals surface area (Å²) in [4.78, 5) is 33.6. The summed E-state index contributed by atoms with van der Waals surface area (Å²) in [6, 6.07) is 16.5. The topological polar surface area (TPSA) is 70.5 Å². The highest BCUT2D eigenvalue weighted by Crippen LogP contribution is 2.42. The van der Waals surface area contributed by atoms with Crippen LogP contribution in [0.4, 0.5) is 4.39 Å². The molecule has 2 bridgehead atoms. The van der Waals surface area contributed by atoms with E-state index in [2.05, 4.69) is 31.9 Å². The van der Waals surface area contributed by atoms with E-state index in [1.54, 1.807) is 11.8 Å². The van der Waals surface area contributed by atoms with E-state index in [4.69, 9.17) is 0 Å². The Balaban J connectivity index is 1.13. The number of aryl methyl sites for hydroxylation is 1. The Kier molecular flexibility index (Phi) is 6.68. The summed E-state index contributed by atoms with van der Waals surface area (Å²) in [6.07, 6.45) is 5.35. The molecule has 4 atom stereocenters. The molecule has 3 aliphatic rings. The molecule has 0 saturated carbocycles. The van der Waals surface area contributed by atoms with Gasteiger partial charge in [0.15, 0.2) is 0 Å². The van der Waals surface area contributed by atoms with Crippen molar-refractivity contribution in [3.63, 3.8) is 0 Å². The van der Waals surface area contributed by atoms with E-state index in [-0.39, 0.29) is 29.6 Å². The zero-order chi connectivity index (χ0) is 26.4. The molecule has 6 rings (SSSR count). The van der Waals surface area contributed by atoms with E-state index >= 15 is 0 Å². The lowest BCUT2D eigenvalue weighted by atomic mass is 9.94. The molecule has 8 heteroatoms. The van der Waals surface area contributed by atoms with Crippen LogP contribution in [0, 0.1) is 18.7 Å². The van der Waals surface area contributed by atoms with Crippen LogP contribution in [0.25, 0.3) is 11.0 Å². The molecular weight excluding hydrogens is 481 g/mol. The number of piperidine rings is 1. The zero-order valence-corrected chi connectivity index (χ0v) is 22.1. The molecule has 2 aromatic carbocycles. The van der Waals surface area contributed by atoms with E-state index < -0.39 is 0 Å². The number of carbonyl (C=O) groups excluding carboxylic acids is 2. The van der Waals surface area contributed by atoms with Gasteiger partial charge in [-0.15, -0.1) is 0 Å². The van der Waals surface area contributed by atoms with Gasteiger partial charge in [0.2, 0.25) is 11.8 Å². The van der Waals surface area contributed by atoms with Crippen molar-refractivity contribution < 1.29 is 14.0 Å². The molecule has 2 amide bonds. The van der Waals surface area contributed by atoms with Gasteiger partial charge in [0.05, 0.1) is 23.0 Å². The van der Waals surface area contributed by atoms with Crippen molar-refractivity contribution in [1.82, 2.24) is 24.7 Å². The summed E-state index contributed by atoms with van der Waals surface area (Å²) >= 11 is 0. The molecule has 3 fully saturated rings. The minimum absolute atomic E-state index is 0.0265. The molecule has 4 heterocycles. The predicted octanol–water partition coefficient (Wildman–Crippen LogP) is 4.38. The Morgan fingerprint density at radius 1 is 1.05 bits per heavy atom. The predicted molar refractivity (Wildman–Crippen MR) is 144 cm³/mol. The lowest BCUT2D eigenvalue weighted by Gasteiger charge is -2.41. The van der Waals surface area contributed by atoms with Crippen molar-refractivity contribution in [2.24, 2.45) is 5.92 Å². The summed E-state index contributed by atoms with van der Waals surface area (Å²) in [5.74, 6) is 0.648. The Labute approximate surface area is 223 Å². The highest BCUT2D eigenvalue weighted by atomic mass is 19.1. The van der Waals surface area contributed by atoms with E-state index in [9.17, 15) is 14.0 Å². The van der Waals surface area contributed by atoms with Crippen molar-refractivity contribution in [2.75, 3.05) is 19.6 Å². The molecule has 1 aromatic heterocycles. The molecule has 3 aliphatic heterocycles. The van der Waals surface area contributed by atoms with Gasteiger partial charge in [0, 0.05) is 50.7 Å². The Morgan fingerprint density at radius 3 is 2.45 bits per heavy atom. The molecule has 3 saturated heterocycles. The van der Waals surface area contributed by atoms with Gasteiger partial charge in [-0.2, -0.15) is 0 Å². The third-order valence-electron chi connectivity index (χ3n) is 8.94. The number of nitrogens with zero attached hydrogens (tertiary/aromatic N) is 4. The van der Waals surface area contributed by atoms with Gasteiger partial charge >= 0.3 is 0 Å². The fourth-order valence-corrected chi connectivity index (χ4v) is 6.95. The van der Waals surface area contributed by atoms with Gasteiger partial charge in [-0.05, 0) is 56.7 Å². The molecule has 0 aliphatic carbocycles. The van der Waals surface area contributed by atoms with Gasteiger partial charge in [-0.25, -0.2) is 9.37 Å². The number of hydrogen-bond acceptors (Lipinski definition) is 4. The molecule has 7 nitrogen and oxygen atoms in total. The van der Waals surface area contributed by atoms with Crippen LogP contribution < -0.4 is 5.32 Å². The largest absolute Gasteiger partial charge is 0.349 e. The second kappa shape index (κ2) is 10.1. The van der Waals surface area contributed by atoms with Crippen LogP contribution in [-0.4, -0.2) is 62.9 Å². The first kappa shape index (κ1) is 25.0. The summed E-state index contributed by atoms with van der Waals surface area (Å²) in [7, 11) is 0. The van der Waals surface area contributed by atoms with Crippen LogP contribution in [0.3, 0.4) is 0 Å². The number of imidazole rings is 1. The number of hydrogen-bond donors (Lipinski definition) is 1. The lowest BCUT2D eigenvalue weighted by molar-refractivity contribution is -0.141. The molecule has 0 spiro atoms. The first-order valence-corrected chi connectivity index (χ1v) is 13.9. The summed E-state index contributed by atoms with van der Waals surface area (Å²) in [5, 5.41) is 3.30. The van der Waals surface area contributed by atoms with E-state index in [0.717, 1.165) is 48.2 Å². The number of nitrogens with one attached hydrogen (secondary N) is 1. The third kappa shape index (κ3) is 4.70. The normalized spacial score (nSPS) is 24.4. The van der Waals surface area contributed by atoms with Crippen LogP contribution in [0.5, 0.6) is 0 Å². The summed E-state index contributed by atoms with van der Waals surface area (Å²) in [6.45, 7) is 5.53. The first-order chi connectivity index (χ1) is 18.4. The summed E-state index contributed by atoms with van der Waals surface area (Å²) < 4.78 is 16.1. The van der Waals surface area contributed by atoms with E-state index in [1.807, 2.05) is 31.2 Å². The van der Waals surface area contributed by atoms with Crippen molar-refractivity contribution >= 4 is 22.8 Å². The fraction of sp³-hybridized carbons (Fsp3) is 0.500. The number of fused-ring (bicyclic) bond motifs is 3. The van der Waals surface area contributed by atoms with Crippen LogP contribution in [-0.2, 0) is 9.59 Å². The molecule has 38 heavy (non-hydrogen) atoms. The zero-order valence-electron chi connectivity index (χ0n) is 22.1. The standard InChI is InChI=1S/C30H36FN5O2/c1-19-32-28-14-23(31)8-11-29(28)36(19)26-15-24-9-10-25(16-26)35(24)13-12-27(21-6-4-3-5-7-21)33-30(38)22-17-34(18-22)20(2)37/h3-8,11,14,22,24-27H,9-10,12-13,15-18H2,1-2H3,(H,33,38)/t24-,25+,26?,27-/m0/s1. The van der Waals surface area contributed by atoms with Crippen molar-refractivity contribution in [3.05, 3.63) is 65.7 Å². The van der Waals surface area contributed by atoms with Crippen molar-refractivity contribution in [2.45, 2.75) is 70.1 Å². The maximum absolute atomic E-state index is 13.8. The average Bonchev–Trinajstić information content (AvgIpc) is 3.30. The number of aromatic nitrogens is 2. The van der Waals surface area contributed by atoms with Gasteiger partial charge in [0.25, 0.3) is 0 Å². The highest BCUT2D eigenvalue weighted by molar-refractivity contribution is 5.84. The van der Waals surface area contributed by atoms with Gasteiger partial charge in [0.1, 0.15) is 11.6 Å². The van der Waals surface area contributed by atoms with Crippen LogP contribution in [0.15, 0.2) is 48.5 Å². The maximum atomic E-state index is 13.8.